The third-order valence-corrected chi connectivity index (χ3v) is 3.61. The molecule has 1 heterocycles. The highest BCUT2D eigenvalue weighted by Gasteiger charge is 2.16. The van der Waals surface area contributed by atoms with Crippen molar-refractivity contribution in [2.24, 2.45) is 0 Å². The highest BCUT2D eigenvalue weighted by molar-refractivity contribution is 5.27. The molecular formula is C17H31N3O. The lowest BCUT2D eigenvalue weighted by Crippen LogP contribution is -2.37. The SMILES string of the molecule is CCc1nc(C(C)OC)nc(CC)c1CCNC(C)(C)C. The van der Waals surface area contributed by atoms with E-state index in [0.717, 1.165) is 43.0 Å². The molecule has 1 rings (SSSR count). The molecule has 0 aliphatic rings. The molecule has 0 fully saturated rings. The van der Waals surface area contributed by atoms with Gasteiger partial charge in [-0.2, -0.15) is 0 Å². The Bertz CT molecular complexity index is 427. The van der Waals surface area contributed by atoms with E-state index in [9.17, 15) is 0 Å². The van der Waals surface area contributed by atoms with Crippen LogP contribution >= 0.6 is 0 Å². The minimum absolute atomic E-state index is 0.0534. The number of ether oxygens (including phenoxy) is 1. The van der Waals surface area contributed by atoms with Crippen LogP contribution in [-0.4, -0.2) is 29.2 Å². The Morgan fingerprint density at radius 2 is 1.62 bits per heavy atom. The van der Waals surface area contributed by atoms with E-state index < -0.39 is 0 Å². The summed E-state index contributed by atoms with van der Waals surface area (Å²) in [6.45, 7) is 13.8. The molecule has 0 saturated carbocycles. The van der Waals surface area contributed by atoms with Crippen LogP contribution in [0.5, 0.6) is 0 Å². The smallest absolute Gasteiger partial charge is 0.157 e. The zero-order valence-electron chi connectivity index (χ0n) is 14.7. The Hall–Kier alpha value is -1.00. The van der Waals surface area contributed by atoms with Crippen molar-refractivity contribution in [3.05, 3.63) is 22.8 Å². The summed E-state index contributed by atoms with van der Waals surface area (Å²) in [5.41, 5.74) is 3.78. The quantitative estimate of drug-likeness (QED) is 0.838. The molecule has 1 N–H and O–H groups in total. The molecule has 0 aromatic carbocycles. The average Bonchev–Trinajstić information content (AvgIpc) is 2.44. The van der Waals surface area contributed by atoms with Gasteiger partial charge in [0.25, 0.3) is 0 Å². The fourth-order valence-corrected chi connectivity index (χ4v) is 2.33. The van der Waals surface area contributed by atoms with Crippen LogP contribution in [0.3, 0.4) is 0 Å². The van der Waals surface area contributed by atoms with Gasteiger partial charge >= 0.3 is 0 Å². The Morgan fingerprint density at radius 3 is 2.00 bits per heavy atom. The second kappa shape index (κ2) is 7.85. The second-order valence-corrected chi connectivity index (χ2v) is 6.47. The fraction of sp³-hybridized carbons (Fsp3) is 0.765. The molecule has 4 heteroatoms. The van der Waals surface area contributed by atoms with E-state index in [4.69, 9.17) is 14.7 Å². The zero-order valence-corrected chi connectivity index (χ0v) is 14.7. The van der Waals surface area contributed by atoms with E-state index in [2.05, 4.69) is 39.9 Å². The van der Waals surface area contributed by atoms with Crippen molar-refractivity contribution in [1.82, 2.24) is 15.3 Å². The van der Waals surface area contributed by atoms with E-state index in [0.29, 0.717) is 0 Å². The van der Waals surface area contributed by atoms with Crippen LogP contribution < -0.4 is 5.32 Å². The van der Waals surface area contributed by atoms with Crippen molar-refractivity contribution in [2.75, 3.05) is 13.7 Å². The van der Waals surface area contributed by atoms with Crippen molar-refractivity contribution in [3.8, 4) is 0 Å². The van der Waals surface area contributed by atoms with Crippen molar-refractivity contribution in [3.63, 3.8) is 0 Å². The van der Waals surface area contributed by atoms with Crippen LogP contribution in [0.15, 0.2) is 0 Å². The van der Waals surface area contributed by atoms with Crippen molar-refractivity contribution < 1.29 is 4.74 Å². The largest absolute Gasteiger partial charge is 0.374 e. The first-order valence-corrected chi connectivity index (χ1v) is 7.98. The highest BCUT2D eigenvalue weighted by atomic mass is 16.5. The van der Waals surface area contributed by atoms with E-state index in [-0.39, 0.29) is 11.6 Å². The van der Waals surface area contributed by atoms with Gasteiger partial charge in [0.1, 0.15) is 6.10 Å². The molecular weight excluding hydrogens is 262 g/mol. The molecule has 0 aliphatic carbocycles. The van der Waals surface area contributed by atoms with Crippen LogP contribution in [-0.2, 0) is 24.0 Å². The monoisotopic (exact) mass is 293 g/mol. The summed E-state index contributed by atoms with van der Waals surface area (Å²) < 4.78 is 5.36. The van der Waals surface area contributed by atoms with Crippen LogP contribution in [0.1, 0.15) is 70.4 Å². The maximum absolute atomic E-state index is 5.36. The molecule has 0 saturated heterocycles. The maximum atomic E-state index is 5.36. The average molecular weight is 293 g/mol. The van der Waals surface area contributed by atoms with Crippen molar-refractivity contribution in [1.29, 1.82) is 0 Å². The minimum atomic E-state index is -0.0534. The van der Waals surface area contributed by atoms with Gasteiger partial charge in [-0.05, 0) is 59.1 Å². The number of nitrogens with zero attached hydrogens (tertiary/aromatic N) is 2. The van der Waals surface area contributed by atoms with E-state index in [1.165, 1.54) is 5.56 Å². The second-order valence-electron chi connectivity index (χ2n) is 6.47. The Labute approximate surface area is 129 Å². The third-order valence-electron chi connectivity index (χ3n) is 3.61. The predicted molar refractivity (Wildman–Crippen MR) is 87.7 cm³/mol. The van der Waals surface area contributed by atoms with Crippen LogP contribution in [0, 0.1) is 0 Å². The lowest BCUT2D eigenvalue weighted by molar-refractivity contribution is 0.111. The Kier molecular flexibility index (Phi) is 6.75. The lowest BCUT2D eigenvalue weighted by Gasteiger charge is -2.22. The van der Waals surface area contributed by atoms with E-state index in [1.807, 2.05) is 6.92 Å². The van der Waals surface area contributed by atoms with Gasteiger partial charge < -0.3 is 10.1 Å². The summed E-state index contributed by atoms with van der Waals surface area (Å²) in [7, 11) is 1.70. The van der Waals surface area contributed by atoms with Gasteiger partial charge in [-0.3, -0.25) is 0 Å². The van der Waals surface area contributed by atoms with Gasteiger partial charge in [0.15, 0.2) is 5.82 Å². The molecule has 1 atom stereocenters. The summed E-state index contributed by atoms with van der Waals surface area (Å²) in [4.78, 5) is 9.44. The molecule has 4 nitrogen and oxygen atoms in total. The number of hydrogen-bond acceptors (Lipinski definition) is 4. The minimum Gasteiger partial charge on any atom is -0.374 e. The van der Waals surface area contributed by atoms with Gasteiger partial charge in [0.2, 0.25) is 0 Å². The Balaban J connectivity index is 3.01. The number of hydrogen-bond donors (Lipinski definition) is 1. The third kappa shape index (κ3) is 5.36. The maximum Gasteiger partial charge on any atom is 0.157 e. The van der Waals surface area contributed by atoms with Crippen molar-refractivity contribution in [2.45, 2.75) is 72.4 Å². The van der Waals surface area contributed by atoms with Gasteiger partial charge in [-0.1, -0.05) is 13.8 Å². The number of rotatable bonds is 7. The molecule has 0 amide bonds. The molecule has 21 heavy (non-hydrogen) atoms. The first kappa shape index (κ1) is 18.1. The summed E-state index contributed by atoms with van der Waals surface area (Å²) in [5, 5.41) is 3.54. The van der Waals surface area contributed by atoms with E-state index in [1.54, 1.807) is 7.11 Å². The summed E-state index contributed by atoms with van der Waals surface area (Å²) in [6.07, 6.45) is 2.79. The molecule has 1 aromatic rings. The van der Waals surface area contributed by atoms with Crippen LogP contribution in [0.25, 0.3) is 0 Å². The number of nitrogens with one attached hydrogen (secondary N) is 1. The predicted octanol–water partition coefficient (Wildman–Crippen LogP) is 3.24. The topological polar surface area (TPSA) is 47.0 Å². The molecule has 0 radical (unpaired) electrons. The fourth-order valence-electron chi connectivity index (χ4n) is 2.33. The Morgan fingerprint density at radius 1 is 1.10 bits per heavy atom. The molecule has 120 valence electrons. The van der Waals surface area contributed by atoms with Gasteiger partial charge in [0, 0.05) is 24.0 Å². The molecule has 1 unspecified atom stereocenters. The first-order valence-electron chi connectivity index (χ1n) is 7.98. The molecule has 0 bridgehead atoms. The highest BCUT2D eigenvalue weighted by Crippen LogP contribution is 2.19. The first-order chi connectivity index (χ1) is 9.82. The van der Waals surface area contributed by atoms with Crippen molar-refractivity contribution >= 4 is 0 Å². The summed E-state index contributed by atoms with van der Waals surface area (Å²) in [6, 6.07) is 0. The number of aromatic nitrogens is 2. The van der Waals surface area contributed by atoms with Gasteiger partial charge in [0.05, 0.1) is 0 Å². The van der Waals surface area contributed by atoms with Gasteiger partial charge in [-0.15, -0.1) is 0 Å². The zero-order chi connectivity index (χ0) is 16.0. The molecule has 1 aromatic heterocycles. The number of aryl methyl sites for hydroxylation is 2. The lowest BCUT2D eigenvalue weighted by atomic mass is 10.0. The van der Waals surface area contributed by atoms with Crippen LogP contribution in [0.2, 0.25) is 0 Å². The summed E-state index contributed by atoms with van der Waals surface area (Å²) >= 11 is 0. The standard InChI is InChI=1S/C17H31N3O/c1-8-14-13(10-11-18-17(4,5)6)15(9-2)20-16(19-14)12(3)21-7/h12,18H,8-11H2,1-7H3. The van der Waals surface area contributed by atoms with Gasteiger partial charge in [-0.25, -0.2) is 9.97 Å². The molecule has 0 spiro atoms. The summed E-state index contributed by atoms with van der Waals surface area (Å²) in [5.74, 6) is 0.804. The van der Waals surface area contributed by atoms with Crippen LogP contribution in [0.4, 0.5) is 0 Å². The molecule has 0 aliphatic heterocycles. The van der Waals surface area contributed by atoms with E-state index >= 15 is 0 Å². The normalized spacial score (nSPS) is 13.5. The number of methoxy groups -OCH3 is 1.